The van der Waals surface area contributed by atoms with E-state index < -0.39 is 5.82 Å². The maximum atomic E-state index is 12.9. The highest BCUT2D eigenvalue weighted by molar-refractivity contribution is 5.88. The monoisotopic (exact) mass is 307 g/mol. The number of carbonyl (C=O) groups excluding carboxylic acids is 2. The number of amides is 2. The van der Waals surface area contributed by atoms with Crippen molar-refractivity contribution in [3.05, 3.63) is 18.2 Å². The van der Waals surface area contributed by atoms with Gasteiger partial charge in [0.05, 0.1) is 24.9 Å². The van der Waals surface area contributed by atoms with Crippen LogP contribution in [0.25, 0.3) is 0 Å². The number of rotatable bonds is 3. The number of anilines is 1. The zero-order valence-electron chi connectivity index (χ0n) is 12.6. The number of fused-ring (bicyclic) bond motifs is 1. The average Bonchev–Trinajstić information content (AvgIpc) is 3.00. The fraction of sp³-hybridized carbons (Fsp3) is 0.571. The van der Waals surface area contributed by atoms with Crippen LogP contribution in [-0.2, 0) is 9.59 Å². The lowest BCUT2D eigenvalue weighted by Crippen LogP contribution is -2.40. The molecular weight excluding hydrogens is 289 g/mol. The van der Waals surface area contributed by atoms with E-state index >= 15 is 0 Å². The molecule has 0 unspecified atom stereocenters. The fourth-order valence-corrected chi connectivity index (χ4v) is 3.02. The van der Waals surface area contributed by atoms with Crippen molar-refractivity contribution in [3.63, 3.8) is 0 Å². The molecule has 0 saturated carbocycles. The van der Waals surface area contributed by atoms with Gasteiger partial charge in [-0.2, -0.15) is 0 Å². The van der Waals surface area contributed by atoms with Gasteiger partial charge >= 0.3 is 0 Å². The molecular formula is C14H18FN5O2. The summed E-state index contributed by atoms with van der Waals surface area (Å²) in [5.41, 5.74) is 0. The van der Waals surface area contributed by atoms with Gasteiger partial charge in [-0.05, 0) is 0 Å². The minimum atomic E-state index is -0.479. The summed E-state index contributed by atoms with van der Waals surface area (Å²) in [6.07, 6.45) is 2.25. The van der Waals surface area contributed by atoms with Crippen LogP contribution in [0.5, 0.6) is 0 Å². The standard InChI is InChI=1S/C14H18FN5O2/c1-18(2)12(21)8-19-5-9-6-20(7-11(9)13(19)22)14-16-3-10(15)4-17-14/h3-4,9,11H,5-8H2,1-2H3/t9-,11+/m1/s1. The third-order valence-electron chi connectivity index (χ3n) is 4.24. The van der Waals surface area contributed by atoms with Crippen molar-refractivity contribution in [2.24, 2.45) is 11.8 Å². The number of nitrogens with zero attached hydrogens (tertiary/aromatic N) is 5. The van der Waals surface area contributed by atoms with Crippen molar-refractivity contribution in [1.82, 2.24) is 19.8 Å². The molecule has 2 amide bonds. The molecule has 0 aromatic carbocycles. The van der Waals surface area contributed by atoms with Gasteiger partial charge < -0.3 is 14.7 Å². The number of likely N-dealkylation sites (N-methyl/N-ethyl adjacent to an activating group) is 1. The maximum absolute atomic E-state index is 12.9. The predicted molar refractivity (Wildman–Crippen MR) is 76.5 cm³/mol. The van der Waals surface area contributed by atoms with E-state index in [0.717, 1.165) is 12.4 Å². The molecule has 3 rings (SSSR count). The number of hydrogen-bond donors (Lipinski definition) is 0. The zero-order valence-corrected chi connectivity index (χ0v) is 12.6. The highest BCUT2D eigenvalue weighted by Gasteiger charge is 2.47. The quantitative estimate of drug-likeness (QED) is 0.760. The SMILES string of the molecule is CN(C)C(=O)CN1C[C@@H]2CN(c3ncc(F)cn3)C[C@@H]2C1=O. The van der Waals surface area contributed by atoms with Crippen LogP contribution in [0.2, 0.25) is 0 Å². The molecule has 2 atom stereocenters. The molecule has 0 spiro atoms. The van der Waals surface area contributed by atoms with Crippen LogP contribution < -0.4 is 4.90 Å². The van der Waals surface area contributed by atoms with Crippen LogP contribution >= 0.6 is 0 Å². The van der Waals surface area contributed by atoms with Gasteiger partial charge in [-0.25, -0.2) is 14.4 Å². The molecule has 1 aromatic heterocycles. The third kappa shape index (κ3) is 2.60. The van der Waals surface area contributed by atoms with Crippen molar-refractivity contribution in [3.8, 4) is 0 Å². The summed E-state index contributed by atoms with van der Waals surface area (Å²) >= 11 is 0. The second-order valence-electron chi connectivity index (χ2n) is 5.98. The van der Waals surface area contributed by atoms with E-state index in [1.54, 1.807) is 19.0 Å². The Morgan fingerprint density at radius 2 is 2.00 bits per heavy atom. The first kappa shape index (κ1) is 14.7. The topological polar surface area (TPSA) is 69.6 Å². The molecule has 8 heteroatoms. The van der Waals surface area contributed by atoms with E-state index in [1.807, 2.05) is 4.90 Å². The third-order valence-corrected chi connectivity index (χ3v) is 4.24. The summed E-state index contributed by atoms with van der Waals surface area (Å²) in [7, 11) is 3.36. The van der Waals surface area contributed by atoms with Crippen LogP contribution in [0.3, 0.4) is 0 Å². The van der Waals surface area contributed by atoms with E-state index in [4.69, 9.17) is 0 Å². The lowest BCUT2D eigenvalue weighted by Gasteiger charge is -2.22. The summed E-state index contributed by atoms with van der Waals surface area (Å²) < 4.78 is 12.9. The average molecular weight is 307 g/mol. The summed E-state index contributed by atoms with van der Waals surface area (Å²) in [5, 5.41) is 0. The molecule has 0 bridgehead atoms. The lowest BCUT2D eigenvalue weighted by molar-refractivity contribution is -0.138. The molecule has 2 saturated heterocycles. The molecule has 2 aliphatic rings. The molecule has 2 aliphatic heterocycles. The molecule has 22 heavy (non-hydrogen) atoms. The largest absolute Gasteiger partial charge is 0.347 e. The van der Waals surface area contributed by atoms with Gasteiger partial charge in [-0.15, -0.1) is 0 Å². The smallest absolute Gasteiger partial charge is 0.241 e. The second-order valence-corrected chi connectivity index (χ2v) is 5.98. The van der Waals surface area contributed by atoms with E-state index in [9.17, 15) is 14.0 Å². The summed E-state index contributed by atoms with van der Waals surface area (Å²) in [5.74, 6) is -0.0799. The Hall–Kier alpha value is -2.25. The van der Waals surface area contributed by atoms with Gasteiger partial charge in [0.15, 0.2) is 5.82 Å². The first-order valence-electron chi connectivity index (χ1n) is 7.17. The Morgan fingerprint density at radius 1 is 1.32 bits per heavy atom. The van der Waals surface area contributed by atoms with Gasteiger partial charge in [0.2, 0.25) is 17.8 Å². The van der Waals surface area contributed by atoms with Gasteiger partial charge in [0, 0.05) is 39.6 Å². The van der Waals surface area contributed by atoms with E-state index in [1.165, 1.54) is 4.90 Å². The molecule has 3 heterocycles. The molecule has 7 nitrogen and oxygen atoms in total. The van der Waals surface area contributed by atoms with Crippen LogP contribution in [0.4, 0.5) is 10.3 Å². The summed E-state index contributed by atoms with van der Waals surface area (Å²) in [6.45, 7) is 1.86. The van der Waals surface area contributed by atoms with Gasteiger partial charge in [0.25, 0.3) is 0 Å². The number of aromatic nitrogens is 2. The molecule has 0 radical (unpaired) electrons. The second kappa shape index (κ2) is 5.51. The fourth-order valence-electron chi connectivity index (χ4n) is 3.02. The van der Waals surface area contributed by atoms with Crippen molar-refractivity contribution < 1.29 is 14.0 Å². The number of carbonyl (C=O) groups is 2. The van der Waals surface area contributed by atoms with E-state index in [-0.39, 0.29) is 30.2 Å². The number of halogens is 1. The van der Waals surface area contributed by atoms with Crippen LogP contribution in [-0.4, -0.2) is 71.9 Å². The van der Waals surface area contributed by atoms with Crippen molar-refractivity contribution in [1.29, 1.82) is 0 Å². The van der Waals surface area contributed by atoms with Crippen LogP contribution in [0, 0.1) is 17.7 Å². The Labute approximate surface area is 127 Å². The normalized spacial score (nSPS) is 23.9. The first-order chi connectivity index (χ1) is 10.5. The van der Waals surface area contributed by atoms with Gasteiger partial charge in [0.1, 0.15) is 0 Å². The minimum absolute atomic E-state index is 0.00446. The van der Waals surface area contributed by atoms with Crippen molar-refractivity contribution in [2.75, 3.05) is 45.2 Å². The van der Waals surface area contributed by atoms with Crippen LogP contribution in [0.15, 0.2) is 12.4 Å². The zero-order chi connectivity index (χ0) is 15.9. The minimum Gasteiger partial charge on any atom is -0.347 e. The molecule has 2 fully saturated rings. The van der Waals surface area contributed by atoms with E-state index in [0.29, 0.717) is 25.6 Å². The highest BCUT2D eigenvalue weighted by atomic mass is 19.1. The highest BCUT2D eigenvalue weighted by Crippen LogP contribution is 2.33. The molecule has 0 aliphatic carbocycles. The Balaban J connectivity index is 1.64. The lowest BCUT2D eigenvalue weighted by atomic mass is 10.0. The molecule has 1 aromatic rings. The predicted octanol–water partition coefficient (Wildman–Crippen LogP) is -0.401. The summed E-state index contributed by atoms with van der Waals surface area (Å²) in [4.78, 5) is 37.1. The first-order valence-corrected chi connectivity index (χ1v) is 7.17. The van der Waals surface area contributed by atoms with E-state index in [2.05, 4.69) is 9.97 Å². The van der Waals surface area contributed by atoms with Gasteiger partial charge in [-0.1, -0.05) is 0 Å². The van der Waals surface area contributed by atoms with Crippen molar-refractivity contribution >= 4 is 17.8 Å². The van der Waals surface area contributed by atoms with Crippen LogP contribution in [0.1, 0.15) is 0 Å². The van der Waals surface area contributed by atoms with Crippen molar-refractivity contribution in [2.45, 2.75) is 0 Å². The maximum Gasteiger partial charge on any atom is 0.241 e. The Kier molecular flexibility index (Phi) is 3.67. The molecule has 118 valence electrons. The van der Waals surface area contributed by atoms with Gasteiger partial charge in [-0.3, -0.25) is 9.59 Å². The number of likely N-dealkylation sites (tertiary alicyclic amines) is 1. The Morgan fingerprint density at radius 3 is 2.59 bits per heavy atom. The molecule has 0 N–H and O–H groups in total. The Bertz CT molecular complexity index is 591. The number of hydrogen-bond acceptors (Lipinski definition) is 5. The summed E-state index contributed by atoms with van der Waals surface area (Å²) in [6, 6.07) is 0.